The predicted octanol–water partition coefficient (Wildman–Crippen LogP) is 16.0. The number of para-hydroxylation sites is 3. The molecule has 0 heterocycles. The van der Waals surface area contributed by atoms with E-state index in [1.54, 1.807) is 0 Å². The van der Waals surface area contributed by atoms with Gasteiger partial charge in [0.2, 0.25) is 0 Å². The second kappa shape index (κ2) is 14.7. The molecular weight excluding hydrogens is 713 g/mol. The summed E-state index contributed by atoms with van der Waals surface area (Å²) in [5.74, 6) is 0. The number of hydrogen-bond donors (Lipinski definition) is 0. The first kappa shape index (κ1) is 34.6. The van der Waals surface area contributed by atoms with Crippen LogP contribution in [0.2, 0.25) is 0 Å². The summed E-state index contributed by atoms with van der Waals surface area (Å²) < 4.78 is 0. The van der Waals surface area contributed by atoms with E-state index < -0.39 is 0 Å². The van der Waals surface area contributed by atoms with Gasteiger partial charge < -0.3 is 9.80 Å². The first-order chi connectivity index (χ1) is 29.3. The first-order valence-corrected chi connectivity index (χ1v) is 20.4. The van der Waals surface area contributed by atoms with Crippen LogP contribution in [0.15, 0.2) is 224 Å². The molecule has 0 saturated carbocycles. The number of anilines is 6. The topological polar surface area (TPSA) is 6.48 Å². The van der Waals surface area contributed by atoms with Crippen LogP contribution in [0.4, 0.5) is 34.1 Å². The lowest BCUT2D eigenvalue weighted by Gasteiger charge is -2.32. The van der Waals surface area contributed by atoms with E-state index in [9.17, 15) is 0 Å². The van der Waals surface area contributed by atoms with Crippen molar-refractivity contribution in [2.75, 3.05) is 9.80 Å². The predicted molar refractivity (Wildman–Crippen MR) is 252 cm³/mol. The Kier molecular flexibility index (Phi) is 8.60. The number of rotatable bonds is 8. The maximum absolute atomic E-state index is 2.47. The standard InChI is InChI=1S/C57H40N2/c1-6-19-40(20-7-1)55-47-29-16-17-30-48(47)56(41-21-8-2-9-22-41)52-39-46(35-36-49(52)55)59(45-27-14-5-15-28-45)54-38-34-42-33-37-53(50-31-18-32-51(54)57(42)50)58(43-23-10-3-11-24-43)44-25-12-4-13-26-44/h1-31,33-39H,32H2. The van der Waals surface area contributed by atoms with E-state index in [4.69, 9.17) is 0 Å². The lowest BCUT2D eigenvalue weighted by Crippen LogP contribution is -2.15. The van der Waals surface area contributed by atoms with Crippen LogP contribution in [0.5, 0.6) is 0 Å². The minimum Gasteiger partial charge on any atom is -0.310 e. The van der Waals surface area contributed by atoms with Crippen molar-refractivity contribution < 1.29 is 0 Å². The Morgan fingerprint density at radius 1 is 0.339 bits per heavy atom. The van der Waals surface area contributed by atoms with Crippen LogP contribution in [0.25, 0.3) is 60.6 Å². The molecular formula is C57H40N2. The van der Waals surface area contributed by atoms with Gasteiger partial charge in [0.1, 0.15) is 0 Å². The molecule has 278 valence electrons. The van der Waals surface area contributed by atoms with E-state index in [0.29, 0.717) is 0 Å². The summed E-state index contributed by atoms with van der Waals surface area (Å²) in [6, 6.07) is 79.3. The lowest BCUT2D eigenvalue weighted by atomic mass is 9.85. The van der Waals surface area contributed by atoms with Crippen LogP contribution in [0.1, 0.15) is 11.1 Å². The second-order valence-corrected chi connectivity index (χ2v) is 15.2. The monoisotopic (exact) mass is 752 g/mol. The van der Waals surface area contributed by atoms with E-state index in [0.717, 1.165) is 34.9 Å². The van der Waals surface area contributed by atoms with Crippen molar-refractivity contribution in [3.63, 3.8) is 0 Å². The smallest absolute Gasteiger partial charge is 0.0540 e. The van der Waals surface area contributed by atoms with Crippen LogP contribution >= 0.6 is 0 Å². The van der Waals surface area contributed by atoms with Gasteiger partial charge in [-0.1, -0.05) is 170 Å². The summed E-state index contributed by atoms with van der Waals surface area (Å²) in [6.45, 7) is 0. The Bertz CT molecular complexity index is 3120. The Balaban J connectivity index is 1.18. The lowest BCUT2D eigenvalue weighted by molar-refractivity contribution is 1.20. The summed E-state index contributed by atoms with van der Waals surface area (Å²) in [5.41, 5.74) is 14.3. The molecule has 0 aliphatic heterocycles. The second-order valence-electron chi connectivity index (χ2n) is 15.2. The fraction of sp³-hybridized carbons (Fsp3) is 0.0175. The molecule has 2 heteroatoms. The van der Waals surface area contributed by atoms with Crippen molar-refractivity contribution in [3.8, 4) is 22.3 Å². The van der Waals surface area contributed by atoms with Gasteiger partial charge in [-0.2, -0.15) is 0 Å². The fourth-order valence-corrected chi connectivity index (χ4v) is 9.30. The molecule has 1 aliphatic carbocycles. The average molecular weight is 753 g/mol. The highest BCUT2D eigenvalue weighted by atomic mass is 15.2. The van der Waals surface area contributed by atoms with Crippen LogP contribution in [0.3, 0.4) is 0 Å². The number of allylic oxidation sites excluding steroid dienone is 1. The number of nitrogens with zero attached hydrogens (tertiary/aromatic N) is 2. The molecule has 0 saturated heterocycles. The van der Waals surface area contributed by atoms with Crippen LogP contribution in [-0.4, -0.2) is 0 Å². The van der Waals surface area contributed by atoms with Crippen molar-refractivity contribution in [1.82, 2.24) is 0 Å². The van der Waals surface area contributed by atoms with Gasteiger partial charge in [-0.3, -0.25) is 0 Å². The maximum atomic E-state index is 2.47. The quantitative estimate of drug-likeness (QED) is 0.143. The van der Waals surface area contributed by atoms with Crippen LogP contribution in [-0.2, 0) is 6.42 Å². The highest BCUT2D eigenvalue weighted by Crippen LogP contribution is 2.49. The summed E-state index contributed by atoms with van der Waals surface area (Å²) in [7, 11) is 0. The average Bonchev–Trinajstić information content (AvgIpc) is 3.31. The minimum atomic E-state index is 0.828. The molecule has 10 aromatic carbocycles. The molecule has 0 amide bonds. The molecule has 0 N–H and O–H groups in total. The molecule has 2 nitrogen and oxygen atoms in total. The van der Waals surface area contributed by atoms with E-state index in [-0.39, 0.29) is 0 Å². The summed E-state index contributed by atoms with van der Waals surface area (Å²) >= 11 is 0. The third-order valence-electron chi connectivity index (χ3n) is 11.8. The van der Waals surface area contributed by atoms with Crippen LogP contribution in [0, 0.1) is 0 Å². The molecule has 59 heavy (non-hydrogen) atoms. The zero-order valence-electron chi connectivity index (χ0n) is 32.5. The number of fused-ring (bicyclic) bond motifs is 2. The molecule has 0 fully saturated rings. The molecule has 0 unspecified atom stereocenters. The zero-order valence-corrected chi connectivity index (χ0v) is 32.5. The van der Waals surface area contributed by atoms with Gasteiger partial charge in [0.25, 0.3) is 0 Å². The van der Waals surface area contributed by atoms with Crippen molar-refractivity contribution in [2.45, 2.75) is 6.42 Å². The summed E-state index contributed by atoms with van der Waals surface area (Å²) in [5, 5.41) is 7.51. The van der Waals surface area contributed by atoms with Gasteiger partial charge in [0.15, 0.2) is 0 Å². The molecule has 1 aliphatic rings. The summed E-state index contributed by atoms with van der Waals surface area (Å²) in [4.78, 5) is 4.86. The number of hydrogen-bond acceptors (Lipinski definition) is 2. The van der Waals surface area contributed by atoms with E-state index in [1.165, 1.54) is 71.4 Å². The van der Waals surface area contributed by atoms with Gasteiger partial charge in [-0.05, 0) is 127 Å². The Morgan fingerprint density at radius 2 is 0.780 bits per heavy atom. The van der Waals surface area contributed by atoms with Gasteiger partial charge in [0, 0.05) is 28.3 Å². The molecule has 0 spiro atoms. The highest BCUT2D eigenvalue weighted by molar-refractivity contribution is 6.22. The van der Waals surface area contributed by atoms with Gasteiger partial charge in [-0.15, -0.1) is 0 Å². The number of benzene rings is 10. The van der Waals surface area contributed by atoms with Crippen molar-refractivity contribution in [1.29, 1.82) is 0 Å². The van der Waals surface area contributed by atoms with Gasteiger partial charge in [0.05, 0.1) is 11.4 Å². The van der Waals surface area contributed by atoms with Crippen molar-refractivity contribution >= 4 is 72.5 Å². The van der Waals surface area contributed by atoms with E-state index >= 15 is 0 Å². The highest BCUT2D eigenvalue weighted by Gasteiger charge is 2.25. The Hall–Kier alpha value is -7.68. The minimum absolute atomic E-state index is 0.828. The third-order valence-corrected chi connectivity index (χ3v) is 11.8. The zero-order chi connectivity index (χ0) is 39.1. The van der Waals surface area contributed by atoms with Crippen LogP contribution < -0.4 is 9.80 Å². The Labute approximate surface area is 345 Å². The molecule has 0 atom stereocenters. The Morgan fingerprint density at radius 3 is 1.32 bits per heavy atom. The maximum Gasteiger partial charge on any atom is 0.0540 e. The molecule has 11 rings (SSSR count). The van der Waals surface area contributed by atoms with E-state index in [2.05, 4.69) is 240 Å². The first-order valence-electron chi connectivity index (χ1n) is 20.4. The normalized spacial score (nSPS) is 11.9. The van der Waals surface area contributed by atoms with E-state index in [1.807, 2.05) is 0 Å². The van der Waals surface area contributed by atoms with Crippen molar-refractivity contribution in [3.05, 3.63) is 236 Å². The van der Waals surface area contributed by atoms with Gasteiger partial charge >= 0.3 is 0 Å². The molecule has 0 bridgehead atoms. The molecule has 0 radical (unpaired) electrons. The molecule has 0 aromatic heterocycles. The SMILES string of the molecule is C1=Cc2c(N(c3ccccc3)c3ccccc3)ccc3ccc(N(c4ccccc4)c4ccc5c(-c6ccccc6)c6ccccc6c(-c6ccccc6)c5c4)c(c23)C1. The van der Waals surface area contributed by atoms with Gasteiger partial charge in [-0.25, -0.2) is 0 Å². The fourth-order valence-electron chi connectivity index (χ4n) is 9.30. The van der Waals surface area contributed by atoms with Crippen molar-refractivity contribution in [2.24, 2.45) is 0 Å². The molecule has 10 aromatic rings. The summed E-state index contributed by atoms with van der Waals surface area (Å²) in [6.07, 6.45) is 5.50. The third kappa shape index (κ3) is 5.97. The largest absolute Gasteiger partial charge is 0.310 e.